The molecule has 27 heavy (non-hydrogen) atoms. The second kappa shape index (κ2) is 9.11. The molecule has 144 valence electrons. The Morgan fingerprint density at radius 1 is 1.11 bits per heavy atom. The van der Waals surface area contributed by atoms with E-state index in [9.17, 15) is 4.79 Å². The zero-order valence-corrected chi connectivity index (χ0v) is 16.6. The first-order chi connectivity index (χ1) is 13.1. The molecule has 1 aliphatic rings. The van der Waals surface area contributed by atoms with Gasteiger partial charge < -0.3 is 15.0 Å². The summed E-state index contributed by atoms with van der Waals surface area (Å²) in [6.45, 7) is 5.79. The molecule has 0 bridgehead atoms. The predicted molar refractivity (Wildman–Crippen MR) is 110 cm³/mol. The average molecular weight is 388 g/mol. The maximum absolute atomic E-state index is 12.6. The first kappa shape index (κ1) is 19.5. The van der Waals surface area contributed by atoms with E-state index in [1.807, 2.05) is 55.5 Å². The van der Waals surface area contributed by atoms with Gasteiger partial charge in [0.1, 0.15) is 5.75 Å². The van der Waals surface area contributed by atoms with Crippen molar-refractivity contribution in [2.45, 2.75) is 19.5 Å². The van der Waals surface area contributed by atoms with E-state index >= 15 is 0 Å². The number of piperazine rings is 1. The van der Waals surface area contributed by atoms with Gasteiger partial charge in [-0.25, -0.2) is 0 Å². The molecule has 0 aliphatic carbocycles. The smallest absolute Gasteiger partial charge is 0.237 e. The third-order valence-electron chi connectivity index (χ3n) is 5.08. The van der Waals surface area contributed by atoms with Crippen molar-refractivity contribution < 1.29 is 9.53 Å². The Balaban J connectivity index is 1.52. The van der Waals surface area contributed by atoms with Crippen LogP contribution in [0, 0.1) is 0 Å². The van der Waals surface area contributed by atoms with E-state index < -0.39 is 0 Å². The number of rotatable bonds is 6. The average Bonchev–Trinajstić information content (AvgIpc) is 2.72. The standard InChI is InChI=1S/C21H26ClN3O2/c1-16(21(26)23-15-17-7-3-6-10-20(17)27-2)24-11-13-25(14-12-24)19-9-5-4-8-18(19)22/h3-10,16H,11-15H2,1-2H3,(H,23,26)/t16-/m1/s1. The number of amides is 1. The summed E-state index contributed by atoms with van der Waals surface area (Å²) in [4.78, 5) is 17.1. The summed E-state index contributed by atoms with van der Waals surface area (Å²) in [6.07, 6.45) is 0. The summed E-state index contributed by atoms with van der Waals surface area (Å²) in [5.41, 5.74) is 2.04. The molecular formula is C21H26ClN3O2. The maximum atomic E-state index is 12.6. The highest BCUT2D eigenvalue weighted by Crippen LogP contribution is 2.26. The van der Waals surface area contributed by atoms with Gasteiger partial charge in [-0.1, -0.05) is 41.9 Å². The van der Waals surface area contributed by atoms with Gasteiger partial charge in [0, 0.05) is 38.3 Å². The Morgan fingerprint density at radius 2 is 1.78 bits per heavy atom. The molecule has 1 saturated heterocycles. The van der Waals surface area contributed by atoms with Gasteiger partial charge in [0.25, 0.3) is 0 Å². The molecule has 1 amide bonds. The Bertz CT molecular complexity index is 776. The molecule has 3 rings (SSSR count). The van der Waals surface area contributed by atoms with Crippen LogP contribution in [0.4, 0.5) is 5.69 Å². The van der Waals surface area contributed by atoms with Gasteiger partial charge >= 0.3 is 0 Å². The predicted octanol–water partition coefficient (Wildman–Crippen LogP) is 3.18. The van der Waals surface area contributed by atoms with Gasteiger partial charge in [0.2, 0.25) is 5.91 Å². The molecule has 1 heterocycles. The van der Waals surface area contributed by atoms with E-state index in [2.05, 4.69) is 15.1 Å². The van der Waals surface area contributed by atoms with Crippen molar-refractivity contribution in [2.75, 3.05) is 38.2 Å². The third-order valence-corrected chi connectivity index (χ3v) is 5.40. The maximum Gasteiger partial charge on any atom is 0.237 e. The van der Waals surface area contributed by atoms with Gasteiger partial charge in [0.15, 0.2) is 0 Å². The number of halogens is 1. The van der Waals surface area contributed by atoms with Crippen molar-refractivity contribution in [1.82, 2.24) is 10.2 Å². The number of benzene rings is 2. The quantitative estimate of drug-likeness (QED) is 0.826. The number of methoxy groups -OCH3 is 1. The highest BCUT2D eigenvalue weighted by molar-refractivity contribution is 6.33. The molecule has 5 nitrogen and oxygen atoms in total. The van der Waals surface area contributed by atoms with E-state index in [-0.39, 0.29) is 11.9 Å². The largest absolute Gasteiger partial charge is 0.496 e. The van der Waals surface area contributed by atoms with Gasteiger partial charge in [-0.3, -0.25) is 9.69 Å². The summed E-state index contributed by atoms with van der Waals surface area (Å²) in [5, 5.41) is 3.80. The molecule has 1 fully saturated rings. The fourth-order valence-electron chi connectivity index (χ4n) is 3.40. The molecule has 0 saturated carbocycles. The molecule has 1 N–H and O–H groups in total. The number of hydrogen-bond donors (Lipinski definition) is 1. The summed E-state index contributed by atoms with van der Waals surface area (Å²) in [5.74, 6) is 0.825. The summed E-state index contributed by atoms with van der Waals surface area (Å²) < 4.78 is 5.34. The molecule has 0 unspecified atom stereocenters. The van der Waals surface area contributed by atoms with E-state index in [1.54, 1.807) is 7.11 Å². The fraction of sp³-hybridized carbons (Fsp3) is 0.381. The lowest BCUT2D eigenvalue weighted by molar-refractivity contribution is -0.126. The number of carbonyl (C=O) groups is 1. The lowest BCUT2D eigenvalue weighted by atomic mass is 10.1. The number of nitrogens with one attached hydrogen (secondary N) is 1. The molecule has 1 aliphatic heterocycles. The van der Waals surface area contributed by atoms with Crippen LogP contribution in [0.25, 0.3) is 0 Å². The first-order valence-corrected chi connectivity index (χ1v) is 9.61. The number of carbonyl (C=O) groups excluding carboxylic acids is 1. The van der Waals surface area contributed by atoms with Crippen LogP contribution < -0.4 is 15.0 Å². The van der Waals surface area contributed by atoms with Crippen molar-refractivity contribution in [3.05, 3.63) is 59.1 Å². The Labute approximate surface area is 165 Å². The van der Waals surface area contributed by atoms with Crippen LogP contribution in [0.1, 0.15) is 12.5 Å². The molecule has 2 aromatic rings. The second-order valence-electron chi connectivity index (χ2n) is 6.68. The minimum atomic E-state index is -0.173. The van der Waals surface area contributed by atoms with E-state index in [4.69, 9.17) is 16.3 Å². The van der Waals surface area contributed by atoms with E-state index in [0.29, 0.717) is 6.54 Å². The third kappa shape index (κ3) is 4.73. The minimum absolute atomic E-state index is 0.0344. The SMILES string of the molecule is COc1ccccc1CNC(=O)[C@@H](C)N1CCN(c2ccccc2Cl)CC1. The van der Waals surface area contributed by atoms with E-state index in [1.165, 1.54) is 0 Å². The molecule has 2 aromatic carbocycles. The van der Waals surface area contributed by atoms with Gasteiger partial charge in [0.05, 0.1) is 23.9 Å². The molecule has 1 atom stereocenters. The van der Waals surface area contributed by atoms with Crippen LogP contribution in [-0.4, -0.2) is 50.1 Å². The number of ether oxygens (including phenoxy) is 1. The van der Waals surface area contributed by atoms with Crippen LogP contribution in [0.2, 0.25) is 5.02 Å². The zero-order chi connectivity index (χ0) is 19.2. The molecule has 0 spiro atoms. The van der Waals surface area contributed by atoms with Crippen molar-refractivity contribution in [1.29, 1.82) is 0 Å². The van der Waals surface area contributed by atoms with Crippen LogP contribution in [0.15, 0.2) is 48.5 Å². The monoisotopic (exact) mass is 387 g/mol. The summed E-state index contributed by atoms with van der Waals surface area (Å²) in [6, 6.07) is 15.5. The van der Waals surface area contributed by atoms with Crippen LogP contribution >= 0.6 is 11.6 Å². The number of para-hydroxylation sites is 2. The van der Waals surface area contributed by atoms with Crippen molar-refractivity contribution in [2.24, 2.45) is 0 Å². The molecule has 0 aromatic heterocycles. The lowest BCUT2D eigenvalue weighted by Gasteiger charge is -2.38. The summed E-state index contributed by atoms with van der Waals surface area (Å²) in [7, 11) is 1.64. The van der Waals surface area contributed by atoms with E-state index in [0.717, 1.165) is 48.2 Å². The van der Waals surface area contributed by atoms with Crippen LogP contribution in [0.3, 0.4) is 0 Å². The second-order valence-corrected chi connectivity index (χ2v) is 7.09. The topological polar surface area (TPSA) is 44.8 Å². The fourth-order valence-corrected chi connectivity index (χ4v) is 3.66. The van der Waals surface area contributed by atoms with Gasteiger partial charge in [-0.05, 0) is 25.1 Å². The highest BCUT2D eigenvalue weighted by atomic mass is 35.5. The Hall–Kier alpha value is -2.24. The number of hydrogen-bond acceptors (Lipinski definition) is 4. The normalized spacial score (nSPS) is 16.0. The minimum Gasteiger partial charge on any atom is -0.496 e. The van der Waals surface area contributed by atoms with Gasteiger partial charge in [-0.15, -0.1) is 0 Å². The lowest BCUT2D eigenvalue weighted by Crippen LogP contribution is -2.53. The number of anilines is 1. The molecule has 0 radical (unpaired) electrons. The van der Waals surface area contributed by atoms with Crippen LogP contribution in [0.5, 0.6) is 5.75 Å². The summed E-state index contributed by atoms with van der Waals surface area (Å²) >= 11 is 6.30. The number of nitrogens with zero attached hydrogens (tertiary/aromatic N) is 2. The zero-order valence-electron chi connectivity index (χ0n) is 15.8. The van der Waals surface area contributed by atoms with Crippen molar-refractivity contribution in [3.8, 4) is 5.75 Å². The first-order valence-electron chi connectivity index (χ1n) is 9.23. The Morgan fingerprint density at radius 3 is 2.48 bits per heavy atom. The van der Waals surface area contributed by atoms with Crippen molar-refractivity contribution in [3.63, 3.8) is 0 Å². The molecular weight excluding hydrogens is 362 g/mol. The highest BCUT2D eigenvalue weighted by Gasteiger charge is 2.26. The van der Waals surface area contributed by atoms with Crippen LogP contribution in [-0.2, 0) is 11.3 Å². The molecule has 6 heteroatoms. The Kier molecular flexibility index (Phi) is 6.58. The van der Waals surface area contributed by atoms with Crippen molar-refractivity contribution >= 4 is 23.2 Å². The van der Waals surface area contributed by atoms with Gasteiger partial charge in [-0.2, -0.15) is 0 Å².